The summed E-state index contributed by atoms with van der Waals surface area (Å²) in [4.78, 5) is 49.4. The average molecular weight is 521 g/mol. The fourth-order valence-electron chi connectivity index (χ4n) is 3.22. The number of carbonyl (C=O) groups is 4. The topological polar surface area (TPSA) is 113 Å². The number of carbonyl (C=O) groups excluding carboxylic acids is 3. The van der Waals surface area contributed by atoms with Gasteiger partial charge in [-0.05, 0) is 65.7 Å². The van der Waals surface area contributed by atoms with Gasteiger partial charge in [-0.2, -0.15) is 0 Å². The molecule has 9 heteroatoms. The molecule has 0 spiro atoms. The number of nitrogens with zero attached hydrogens (tertiary/aromatic N) is 1. The molecular formula is C25H17BrN2O6. The van der Waals surface area contributed by atoms with Crippen molar-refractivity contribution >= 4 is 51.5 Å². The van der Waals surface area contributed by atoms with Crippen molar-refractivity contribution in [2.75, 3.05) is 4.90 Å². The van der Waals surface area contributed by atoms with Crippen LogP contribution in [0.15, 0.2) is 82.8 Å². The zero-order valence-corrected chi connectivity index (χ0v) is 19.1. The van der Waals surface area contributed by atoms with E-state index in [1.165, 1.54) is 30.3 Å². The average Bonchev–Trinajstić information content (AvgIpc) is 2.82. The van der Waals surface area contributed by atoms with Gasteiger partial charge in [-0.3, -0.25) is 14.9 Å². The van der Waals surface area contributed by atoms with Gasteiger partial charge in [-0.15, -0.1) is 0 Å². The van der Waals surface area contributed by atoms with Gasteiger partial charge in [0.05, 0.1) is 11.3 Å². The van der Waals surface area contributed by atoms with E-state index in [1.54, 1.807) is 24.3 Å². The first-order valence-corrected chi connectivity index (χ1v) is 10.8. The number of ether oxygens (including phenoxy) is 1. The predicted octanol–water partition coefficient (Wildman–Crippen LogP) is 4.39. The monoisotopic (exact) mass is 520 g/mol. The van der Waals surface area contributed by atoms with E-state index in [2.05, 4.69) is 21.2 Å². The number of nitrogens with one attached hydrogen (secondary N) is 1. The minimum atomic E-state index is -1.14. The van der Waals surface area contributed by atoms with Crippen LogP contribution in [0, 0.1) is 0 Å². The van der Waals surface area contributed by atoms with Gasteiger partial charge >= 0.3 is 12.0 Å². The van der Waals surface area contributed by atoms with Gasteiger partial charge in [-0.1, -0.05) is 40.2 Å². The molecule has 0 saturated carbocycles. The maximum absolute atomic E-state index is 13.0. The number of hydrogen-bond acceptors (Lipinski definition) is 5. The highest BCUT2D eigenvalue weighted by molar-refractivity contribution is 9.10. The van der Waals surface area contributed by atoms with Crippen molar-refractivity contribution in [3.05, 3.63) is 99.5 Å². The Hall–Kier alpha value is -4.24. The molecule has 1 aliphatic heterocycles. The number of imide groups is 2. The number of halogens is 1. The second kappa shape index (κ2) is 9.72. The summed E-state index contributed by atoms with van der Waals surface area (Å²) in [6.45, 7) is 0.381. The Labute approximate surface area is 202 Å². The van der Waals surface area contributed by atoms with Crippen LogP contribution < -0.4 is 15.0 Å². The molecule has 0 bridgehead atoms. The molecule has 1 fully saturated rings. The summed E-state index contributed by atoms with van der Waals surface area (Å²) >= 11 is 3.39. The molecule has 0 atom stereocenters. The molecule has 0 unspecified atom stereocenters. The van der Waals surface area contributed by atoms with Gasteiger partial charge in [0.1, 0.15) is 17.9 Å². The molecule has 1 heterocycles. The molecular weight excluding hydrogens is 504 g/mol. The number of anilines is 1. The Balaban J connectivity index is 1.51. The summed E-state index contributed by atoms with van der Waals surface area (Å²) in [7, 11) is 0. The zero-order valence-electron chi connectivity index (χ0n) is 17.5. The smallest absolute Gasteiger partial charge is 0.335 e. The molecule has 4 amide bonds. The first-order chi connectivity index (χ1) is 16.3. The Bertz CT molecular complexity index is 1300. The number of hydrogen-bond donors (Lipinski definition) is 2. The lowest BCUT2D eigenvalue weighted by Gasteiger charge is -2.26. The number of urea groups is 1. The SMILES string of the molecule is O=C1NC(=O)N(c2ccc(C(=O)O)cc2)C(=O)/C1=C/c1ccc(OCc2ccc(Br)cc2)cc1. The number of carboxylic acids is 1. The van der Waals surface area contributed by atoms with Gasteiger partial charge in [-0.25, -0.2) is 14.5 Å². The summed E-state index contributed by atoms with van der Waals surface area (Å²) in [5, 5.41) is 11.2. The van der Waals surface area contributed by atoms with Crippen molar-refractivity contribution in [2.45, 2.75) is 6.61 Å². The quantitative estimate of drug-likeness (QED) is 0.368. The number of benzene rings is 3. The van der Waals surface area contributed by atoms with Crippen LogP contribution in [0.3, 0.4) is 0 Å². The molecule has 1 saturated heterocycles. The Kier molecular flexibility index (Phi) is 6.55. The van der Waals surface area contributed by atoms with Crippen LogP contribution in [-0.2, 0) is 16.2 Å². The van der Waals surface area contributed by atoms with Gasteiger partial charge in [0.25, 0.3) is 11.8 Å². The maximum atomic E-state index is 13.0. The summed E-state index contributed by atoms with van der Waals surface area (Å²) in [5.74, 6) is -2.16. The minimum Gasteiger partial charge on any atom is -0.489 e. The highest BCUT2D eigenvalue weighted by atomic mass is 79.9. The fraction of sp³-hybridized carbons (Fsp3) is 0.0400. The summed E-state index contributed by atoms with van der Waals surface area (Å²) in [5.41, 5.74) is 1.47. The van der Waals surface area contributed by atoms with Crippen LogP contribution in [0.2, 0.25) is 0 Å². The number of carboxylic acid groups (broad SMARTS) is 1. The fourth-order valence-corrected chi connectivity index (χ4v) is 3.48. The maximum Gasteiger partial charge on any atom is 0.335 e. The molecule has 1 aliphatic rings. The molecule has 170 valence electrons. The van der Waals surface area contributed by atoms with Crippen molar-refractivity contribution in [3.8, 4) is 5.75 Å². The minimum absolute atomic E-state index is 0.00269. The van der Waals surface area contributed by atoms with Crippen molar-refractivity contribution in [1.29, 1.82) is 0 Å². The van der Waals surface area contributed by atoms with E-state index in [0.29, 0.717) is 17.9 Å². The van der Waals surface area contributed by atoms with Crippen LogP contribution in [0.25, 0.3) is 6.08 Å². The number of rotatable bonds is 6. The van der Waals surface area contributed by atoms with Crippen molar-refractivity contribution in [3.63, 3.8) is 0 Å². The summed E-state index contributed by atoms with van der Waals surface area (Å²) in [6, 6.07) is 18.8. The Morgan fingerprint density at radius 1 is 0.941 bits per heavy atom. The molecule has 3 aromatic rings. The summed E-state index contributed by atoms with van der Waals surface area (Å²) < 4.78 is 6.74. The third kappa shape index (κ3) is 5.05. The highest BCUT2D eigenvalue weighted by Crippen LogP contribution is 2.23. The number of barbiturate groups is 1. The predicted molar refractivity (Wildman–Crippen MR) is 127 cm³/mol. The molecule has 0 radical (unpaired) electrons. The molecule has 0 aliphatic carbocycles. The van der Waals surface area contributed by atoms with Crippen molar-refractivity contribution in [2.24, 2.45) is 0 Å². The molecule has 2 N–H and O–H groups in total. The Morgan fingerprint density at radius 2 is 1.59 bits per heavy atom. The molecule has 34 heavy (non-hydrogen) atoms. The third-order valence-electron chi connectivity index (χ3n) is 4.98. The lowest BCUT2D eigenvalue weighted by Crippen LogP contribution is -2.54. The van der Waals surface area contributed by atoms with Crippen LogP contribution >= 0.6 is 15.9 Å². The van der Waals surface area contributed by atoms with E-state index < -0.39 is 23.8 Å². The van der Waals surface area contributed by atoms with Gasteiger partial charge < -0.3 is 9.84 Å². The molecule has 0 aromatic heterocycles. The van der Waals surface area contributed by atoms with Crippen LogP contribution in [0.4, 0.5) is 10.5 Å². The van der Waals surface area contributed by atoms with Crippen molar-refractivity contribution in [1.82, 2.24) is 5.32 Å². The lowest BCUT2D eigenvalue weighted by molar-refractivity contribution is -0.122. The second-order valence-electron chi connectivity index (χ2n) is 7.29. The zero-order chi connectivity index (χ0) is 24.2. The normalized spacial score (nSPS) is 14.8. The second-order valence-corrected chi connectivity index (χ2v) is 8.21. The van der Waals surface area contributed by atoms with Crippen LogP contribution in [-0.4, -0.2) is 28.9 Å². The third-order valence-corrected chi connectivity index (χ3v) is 5.51. The van der Waals surface area contributed by atoms with E-state index in [0.717, 1.165) is 14.9 Å². The van der Waals surface area contributed by atoms with E-state index in [-0.39, 0.29) is 16.8 Å². The van der Waals surface area contributed by atoms with Gasteiger partial charge in [0.15, 0.2) is 0 Å². The van der Waals surface area contributed by atoms with Crippen LogP contribution in [0.1, 0.15) is 21.5 Å². The number of amides is 4. The largest absolute Gasteiger partial charge is 0.489 e. The standard InChI is InChI=1S/C25H17BrN2O6/c26-18-7-1-16(2-8-18)14-34-20-11-3-15(4-12-20)13-21-22(29)27-25(33)28(23(21)30)19-9-5-17(6-10-19)24(31)32/h1-13H,14H2,(H,31,32)(H,27,29,33)/b21-13+. The van der Waals surface area contributed by atoms with Gasteiger partial charge in [0, 0.05) is 4.47 Å². The van der Waals surface area contributed by atoms with E-state index >= 15 is 0 Å². The van der Waals surface area contributed by atoms with E-state index in [1.807, 2.05) is 24.3 Å². The van der Waals surface area contributed by atoms with Crippen LogP contribution in [0.5, 0.6) is 5.75 Å². The highest BCUT2D eigenvalue weighted by Gasteiger charge is 2.36. The number of aromatic carboxylic acids is 1. The molecule has 3 aromatic carbocycles. The van der Waals surface area contributed by atoms with Crippen molar-refractivity contribution < 1.29 is 29.0 Å². The molecule has 4 rings (SSSR count). The first-order valence-electron chi connectivity index (χ1n) is 10.0. The lowest BCUT2D eigenvalue weighted by atomic mass is 10.1. The summed E-state index contributed by atoms with van der Waals surface area (Å²) in [6.07, 6.45) is 1.38. The molecule has 8 nitrogen and oxygen atoms in total. The van der Waals surface area contributed by atoms with E-state index in [4.69, 9.17) is 9.84 Å². The first kappa shape index (κ1) is 22.9. The Morgan fingerprint density at radius 3 is 2.21 bits per heavy atom. The van der Waals surface area contributed by atoms with Gasteiger partial charge in [0.2, 0.25) is 0 Å². The van der Waals surface area contributed by atoms with E-state index in [9.17, 15) is 19.2 Å².